The van der Waals surface area contributed by atoms with Gasteiger partial charge < -0.3 is 4.90 Å². The Labute approximate surface area is 154 Å². The first kappa shape index (κ1) is 16.7. The number of hydrogen-bond donors (Lipinski definition) is 0. The van der Waals surface area contributed by atoms with E-state index in [1.54, 1.807) is 7.05 Å². The molecule has 1 saturated carbocycles. The number of likely N-dealkylation sites (N-methyl/N-ethyl adjacent to an activating group) is 1. The molecule has 5 atom stereocenters. The van der Waals surface area contributed by atoms with Crippen molar-refractivity contribution in [1.29, 1.82) is 0 Å². The maximum atomic E-state index is 13.5. The summed E-state index contributed by atoms with van der Waals surface area (Å²) >= 11 is 0. The molecule has 0 radical (unpaired) electrons. The molecule has 3 spiro atoms. The molecule has 0 N–H and O–H groups in total. The number of carbonyl (C=O) groups is 3. The van der Waals surface area contributed by atoms with E-state index in [4.69, 9.17) is 0 Å². The number of nitrogens with zero attached hydrogens (tertiary/aromatic N) is 3. The number of hydrogen-bond acceptors (Lipinski definition) is 4. The van der Waals surface area contributed by atoms with Crippen LogP contribution in [0.3, 0.4) is 0 Å². The molecule has 142 valence electrons. The number of likely N-dealkylation sites (tertiary alicyclic amines) is 1. The molecule has 3 amide bonds. The van der Waals surface area contributed by atoms with Crippen molar-refractivity contribution in [1.82, 2.24) is 14.7 Å². The second-order valence-electron chi connectivity index (χ2n) is 10.2. The summed E-state index contributed by atoms with van der Waals surface area (Å²) in [5, 5.41) is 0. The van der Waals surface area contributed by atoms with Gasteiger partial charge in [0.05, 0.1) is 11.0 Å². The van der Waals surface area contributed by atoms with E-state index in [0.29, 0.717) is 12.3 Å². The minimum absolute atomic E-state index is 0.0359. The largest absolute Gasteiger partial charge is 0.337 e. The zero-order valence-electron chi connectivity index (χ0n) is 16.5. The highest BCUT2D eigenvalue weighted by atomic mass is 16.2. The standard InChI is InChI=1S/C20H29N3O3/c1-12-6-7-23-11-19-10-18(9-14(24)21(4)15(18)25)17(2,3)13(19)8-20(12,23)16(26)22(19)5/h12-13H,6-11H2,1-5H3/t12-,13-,18-,19-,20-/m0/s1. The van der Waals surface area contributed by atoms with E-state index in [2.05, 4.69) is 25.7 Å². The average molecular weight is 359 g/mol. The van der Waals surface area contributed by atoms with Gasteiger partial charge in [-0.3, -0.25) is 24.2 Å². The maximum Gasteiger partial charge on any atom is 0.243 e. The Morgan fingerprint density at radius 2 is 1.77 bits per heavy atom. The van der Waals surface area contributed by atoms with Crippen molar-refractivity contribution >= 4 is 17.7 Å². The molecular weight excluding hydrogens is 330 g/mol. The van der Waals surface area contributed by atoms with E-state index in [1.807, 2.05) is 11.9 Å². The lowest BCUT2D eigenvalue weighted by atomic mass is 9.57. The molecule has 6 fully saturated rings. The molecule has 6 heteroatoms. The number of piperazine rings is 1. The van der Waals surface area contributed by atoms with Crippen molar-refractivity contribution in [3.8, 4) is 0 Å². The monoisotopic (exact) mass is 359 g/mol. The topological polar surface area (TPSA) is 60.9 Å². The van der Waals surface area contributed by atoms with E-state index in [9.17, 15) is 14.4 Å². The molecule has 6 aliphatic rings. The Bertz CT molecular complexity index is 763. The van der Waals surface area contributed by atoms with Crippen molar-refractivity contribution < 1.29 is 14.4 Å². The Balaban J connectivity index is 1.70. The number of carbonyl (C=O) groups excluding carboxylic acids is 3. The lowest BCUT2D eigenvalue weighted by Crippen LogP contribution is -2.79. The zero-order valence-corrected chi connectivity index (χ0v) is 16.5. The normalized spacial score (nSPS) is 49.5. The number of amides is 3. The predicted molar refractivity (Wildman–Crippen MR) is 94.9 cm³/mol. The van der Waals surface area contributed by atoms with Gasteiger partial charge in [0.25, 0.3) is 0 Å². The molecular formula is C20H29N3O3. The van der Waals surface area contributed by atoms with E-state index in [1.165, 1.54) is 4.90 Å². The molecule has 1 aliphatic carbocycles. The Morgan fingerprint density at radius 3 is 2.38 bits per heavy atom. The lowest BCUT2D eigenvalue weighted by Gasteiger charge is -2.65. The van der Waals surface area contributed by atoms with Gasteiger partial charge in [0.1, 0.15) is 5.54 Å². The molecule has 5 aliphatic heterocycles. The molecule has 0 aromatic rings. The van der Waals surface area contributed by atoms with Gasteiger partial charge in [-0.05, 0) is 43.1 Å². The molecule has 5 saturated heterocycles. The van der Waals surface area contributed by atoms with Crippen LogP contribution in [-0.2, 0) is 14.4 Å². The summed E-state index contributed by atoms with van der Waals surface area (Å²) in [4.78, 5) is 44.9. The molecule has 6 nitrogen and oxygen atoms in total. The first-order valence-corrected chi connectivity index (χ1v) is 9.89. The highest BCUT2D eigenvalue weighted by molar-refractivity contribution is 6.06. The molecule has 2 bridgehead atoms. The number of imide groups is 1. The van der Waals surface area contributed by atoms with Gasteiger partial charge in [-0.2, -0.15) is 0 Å². The third kappa shape index (κ3) is 1.37. The minimum Gasteiger partial charge on any atom is -0.337 e. The van der Waals surface area contributed by atoms with E-state index in [-0.39, 0.29) is 41.0 Å². The molecule has 5 heterocycles. The van der Waals surface area contributed by atoms with Crippen LogP contribution in [0.1, 0.15) is 46.5 Å². The fourth-order valence-electron chi connectivity index (χ4n) is 7.69. The molecule has 0 aromatic carbocycles. The quantitative estimate of drug-likeness (QED) is 0.608. The molecule has 6 rings (SSSR count). The van der Waals surface area contributed by atoms with Crippen LogP contribution in [0.25, 0.3) is 0 Å². The number of fused-ring (bicyclic) bond motifs is 1. The third-order valence-electron chi connectivity index (χ3n) is 9.44. The molecule has 0 aromatic heterocycles. The zero-order chi connectivity index (χ0) is 18.9. The highest BCUT2D eigenvalue weighted by Gasteiger charge is 2.80. The Kier molecular flexibility index (Phi) is 2.79. The van der Waals surface area contributed by atoms with Crippen LogP contribution in [0.5, 0.6) is 0 Å². The minimum atomic E-state index is -0.674. The average Bonchev–Trinajstić information content (AvgIpc) is 3.10. The summed E-state index contributed by atoms with van der Waals surface area (Å²) in [5.41, 5.74) is -1.71. The lowest BCUT2D eigenvalue weighted by molar-refractivity contribution is -0.189. The van der Waals surface area contributed by atoms with Gasteiger partial charge in [0, 0.05) is 27.1 Å². The van der Waals surface area contributed by atoms with Gasteiger partial charge in [0.15, 0.2) is 0 Å². The Morgan fingerprint density at radius 1 is 1.08 bits per heavy atom. The van der Waals surface area contributed by atoms with Gasteiger partial charge in [-0.15, -0.1) is 0 Å². The second-order valence-corrected chi connectivity index (χ2v) is 10.2. The van der Waals surface area contributed by atoms with Gasteiger partial charge in [-0.25, -0.2) is 0 Å². The van der Waals surface area contributed by atoms with Crippen LogP contribution in [0, 0.1) is 22.7 Å². The van der Waals surface area contributed by atoms with Crippen LogP contribution in [-0.4, -0.2) is 70.7 Å². The highest BCUT2D eigenvalue weighted by Crippen LogP contribution is 2.72. The second kappa shape index (κ2) is 4.34. The van der Waals surface area contributed by atoms with Gasteiger partial charge in [0.2, 0.25) is 17.7 Å². The van der Waals surface area contributed by atoms with Crippen molar-refractivity contribution in [2.24, 2.45) is 22.7 Å². The van der Waals surface area contributed by atoms with Crippen molar-refractivity contribution in [3.05, 3.63) is 0 Å². The summed E-state index contributed by atoms with van der Waals surface area (Å²) in [5.74, 6) is 0.715. The van der Waals surface area contributed by atoms with E-state index < -0.39 is 11.0 Å². The first-order valence-electron chi connectivity index (χ1n) is 9.89. The van der Waals surface area contributed by atoms with Crippen LogP contribution < -0.4 is 0 Å². The fourth-order valence-corrected chi connectivity index (χ4v) is 7.69. The third-order valence-corrected chi connectivity index (χ3v) is 9.44. The smallest absolute Gasteiger partial charge is 0.243 e. The molecule has 0 unspecified atom stereocenters. The van der Waals surface area contributed by atoms with Crippen LogP contribution in [0.4, 0.5) is 0 Å². The van der Waals surface area contributed by atoms with E-state index in [0.717, 1.165) is 25.9 Å². The summed E-state index contributed by atoms with van der Waals surface area (Å²) in [6.07, 6.45) is 2.80. The van der Waals surface area contributed by atoms with Crippen molar-refractivity contribution in [3.63, 3.8) is 0 Å². The Hall–Kier alpha value is -1.43. The van der Waals surface area contributed by atoms with Gasteiger partial charge in [-0.1, -0.05) is 20.8 Å². The molecule has 26 heavy (non-hydrogen) atoms. The van der Waals surface area contributed by atoms with Crippen molar-refractivity contribution in [2.45, 2.75) is 57.5 Å². The summed E-state index contributed by atoms with van der Waals surface area (Å²) in [6, 6.07) is 0. The maximum absolute atomic E-state index is 13.5. The summed E-state index contributed by atoms with van der Waals surface area (Å²) in [6.45, 7) is 8.38. The van der Waals surface area contributed by atoms with Crippen LogP contribution in [0.2, 0.25) is 0 Å². The van der Waals surface area contributed by atoms with E-state index >= 15 is 0 Å². The summed E-state index contributed by atoms with van der Waals surface area (Å²) < 4.78 is 0. The predicted octanol–water partition coefficient (Wildman–Crippen LogP) is 1.10. The number of rotatable bonds is 0. The van der Waals surface area contributed by atoms with Crippen LogP contribution >= 0.6 is 0 Å². The SMILES string of the molecule is C[C@H]1CCN2C[C@@]34C[C@]5(CC(=O)N(C)C5=O)C(C)(C)[C@@H]3C[C@@]12C(=O)N4C. The summed E-state index contributed by atoms with van der Waals surface area (Å²) in [7, 11) is 3.55. The van der Waals surface area contributed by atoms with Crippen molar-refractivity contribution in [2.75, 3.05) is 27.2 Å². The van der Waals surface area contributed by atoms with Crippen LogP contribution in [0.15, 0.2) is 0 Å². The number of piperidine rings is 2. The fraction of sp³-hybridized carbons (Fsp3) is 0.850. The van der Waals surface area contributed by atoms with Gasteiger partial charge >= 0.3 is 0 Å². The first-order chi connectivity index (χ1) is 12.0.